The van der Waals surface area contributed by atoms with E-state index in [-0.39, 0.29) is 5.91 Å². The summed E-state index contributed by atoms with van der Waals surface area (Å²) in [5.41, 5.74) is 3.11. The maximum absolute atomic E-state index is 12.9. The van der Waals surface area contributed by atoms with Crippen LogP contribution in [0.3, 0.4) is 0 Å². The van der Waals surface area contributed by atoms with Gasteiger partial charge in [0.25, 0.3) is 5.91 Å². The van der Waals surface area contributed by atoms with E-state index in [1.807, 2.05) is 54.8 Å². The molecule has 35 heavy (non-hydrogen) atoms. The second kappa shape index (κ2) is 11.7. The van der Waals surface area contributed by atoms with Gasteiger partial charge in [-0.25, -0.2) is 4.98 Å². The van der Waals surface area contributed by atoms with Crippen molar-refractivity contribution in [2.24, 2.45) is 0 Å². The lowest BCUT2D eigenvalue weighted by atomic mass is 10.2. The van der Waals surface area contributed by atoms with Crippen molar-refractivity contribution in [1.29, 1.82) is 0 Å². The van der Waals surface area contributed by atoms with E-state index in [0.717, 1.165) is 45.8 Å². The van der Waals surface area contributed by atoms with Gasteiger partial charge in [0, 0.05) is 31.3 Å². The molecule has 0 bridgehead atoms. The SMILES string of the molecule is COCCCNC(=O)c1cc(-c2csc(COc3ccc(OC)cc3)n2)n(Cc2ccco2)c1C. The Balaban J connectivity index is 1.54. The fourth-order valence-corrected chi connectivity index (χ4v) is 4.37. The third kappa shape index (κ3) is 6.12. The minimum absolute atomic E-state index is 0.114. The normalized spacial score (nSPS) is 10.9. The predicted molar refractivity (Wildman–Crippen MR) is 134 cm³/mol. The van der Waals surface area contributed by atoms with E-state index in [1.54, 1.807) is 20.5 Å². The van der Waals surface area contributed by atoms with Crippen molar-refractivity contribution in [3.05, 3.63) is 76.1 Å². The van der Waals surface area contributed by atoms with Gasteiger partial charge in [0.1, 0.15) is 28.9 Å². The quantitative estimate of drug-likeness (QED) is 0.281. The molecule has 3 aromatic heterocycles. The summed E-state index contributed by atoms with van der Waals surface area (Å²) in [7, 11) is 3.28. The van der Waals surface area contributed by atoms with E-state index in [0.29, 0.717) is 31.9 Å². The standard InChI is InChI=1S/C26H29N3O5S/c1-18-22(26(30)27-11-5-12-31-2)14-24(29(18)15-21-6-4-13-33-21)23-17-35-25(28-23)16-34-20-9-7-19(32-3)8-10-20/h4,6-10,13-14,17H,5,11-12,15-16H2,1-3H3,(H,27,30). The minimum Gasteiger partial charge on any atom is -0.497 e. The van der Waals surface area contributed by atoms with Crippen molar-refractivity contribution < 1.29 is 23.4 Å². The number of benzene rings is 1. The van der Waals surface area contributed by atoms with Crippen molar-refractivity contribution in [3.63, 3.8) is 0 Å². The molecule has 1 amide bonds. The maximum atomic E-state index is 12.9. The minimum atomic E-state index is -0.114. The molecule has 0 spiro atoms. The first kappa shape index (κ1) is 24.6. The topological polar surface area (TPSA) is 87.8 Å². The number of methoxy groups -OCH3 is 2. The van der Waals surface area contributed by atoms with Crippen LogP contribution in [0.5, 0.6) is 11.5 Å². The molecule has 4 rings (SSSR count). The number of carbonyl (C=O) groups excluding carboxylic acids is 1. The zero-order valence-electron chi connectivity index (χ0n) is 20.1. The van der Waals surface area contributed by atoms with Crippen LogP contribution < -0.4 is 14.8 Å². The summed E-state index contributed by atoms with van der Waals surface area (Å²) in [5, 5.41) is 5.80. The lowest BCUT2D eigenvalue weighted by Crippen LogP contribution is -2.25. The first-order chi connectivity index (χ1) is 17.1. The number of nitrogens with zero attached hydrogens (tertiary/aromatic N) is 2. The van der Waals surface area contributed by atoms with Crippen LogP contribution in [0.2, 0.25) is 0 Å². The third-order valence-corrected chi connectivity index (χ3v) is 6.37. The zero-order chi connectivity index (χ0) is 24.6. The Labute approximate surface area is 208 Å². The predicted octanol–water partition coefficient (Wildman–Crippen LogP) is 4.92. The van der Waals surface area contributed by atoms with Crippen molar-refractivity contribution in [1.82, 2.24) is 14.9 Å². The van der Waals surface area contributed by atoms with Crippen LogP contribution in [0.1, 0.15) is 33.2 Å². The summed E-state index contributed by atoms with van der Waals surface area (Å²) >= 11 is 1.52. The molecule has 0 saturated carbocycles. The van der Waals surface area contributed by atoms with Crippen LogP contribution in [0, 0.1) is 6.92 Å². The van der Waals surface area contributed by atoms with Crippen molar-refractivity contribution in [2.75, 3.05) is 27.4 Å². The Hall–Kier alpha value is -3.56. The number of furan rings is 1. The van der Waals surface area contributed by atoms with Gasteiger partial charge in [0.15, 0.2) is 0 Å². The van der Waals surface area contributed by atoms with Gasteiger partial charge >= 0.3 is 0 Å². The molecule has 1 aromatic carbocycles. The van der Waals surface area contributed by atoms with E-state index in [2.05, 4.69) is 9.88 Å². The lowest BCUT2D eigenvalue weighted by molar-refractivity contribution is 0.0948. The monoisotopic (exact) mass is 495 g/mol. The smallest absolute Gasteiger partial charge is 0.253 e. The Bertz CT molecular complexity index is 1230. The molecule has 0 aliphatic carbocycles. The number of amides is 1. The van der Waals surface area contributed by atoms with E-state index >= 15 is 0 Å². The van der Waals surface area contributed by atoms with E-state index in [1.165, 1.54) is 11.3 Å². The van der Waals surface area contributed by atoms with Gasteiger partial charge in [0.2, 0.25) is 0 Å². The molecule has 184 valence electrons. The fourth-order valence-electron chi connectivity index (χ4n) is 3.67. The number of ether oxygens (including phenoxy) is 3. The first-order valence-electron chi connectivity index (χ1n) is 11.3. The van der Waals surface area contributed by atoms with Crippen LogP contribution in [0.25, 0.3) is 11.4 Å². The molecule has 8 nitrogen and oxygen atoms in total. The Morgan fingerprint density at radius 2 is 1.97 bits per heavy atom. The molecule has 0 aliphatic heterocycles. The van der Waals surface area contributed by atoms with Gasteiger partial charge in [-0.05, 0) is 55.8 Å². The molecule has 0 fully saturated rings. The Kier molecular flexibility index (Phi) is 8.23. The zero-order valence-corrected chi connectivity index (χ0v) is 20.9. The number of thiazole rings is 1. The molecule has 1 N–H and O–H groups in total. The lowest BCUT2D eigenvalue weighted by Gasteiger charge is -2.09. The van der Waals surface area contributed by atoms with Gasteiger partial charge in [0.05, 0.1) is 36.9 Å². The largest absolute Gasteiger partial charge is 0.497 e. The highest BCUT2D eigenvalue weighted by Gasteiger charge is 2.21. The average molecular weight is 496 g/mol. The number of hydrogen-bond donors (Lipinski definition) is 1. The summed E-state index contributed by atoms with van der Waals surface area (Å²) in [6.45, 7) is 3.94. The van der Waals surface area contributed by atoms with Crippen molar-refractivity contribution >= 4 is 17.2 Å². The molecule has 0 radical (unpaired) electrons. The molecule has 4 aromatic rings. The number of aromatic nitrogens is 2. The van der Waals surface area contributed by atoms with Crippen LogP contribution in [-0.2, 0) is 17.9 Å². The number of nitrogens with one attached hydrogen (secondary N) is 1. The van der Waals surface area contributed by atoms with Crippen LogP contribution in [0.4, 0.5) is 0 Å². The summed E-state index contributed by atoms with van der Waals surface area (Å²) in [5.74, 6) is 2.21. The average Bonchev–Trinajstić information content (AvgIpc) is 3.63. The second-order valence-corrected chi connectivity index (χ2v) is 8.83. The van der Waals surface area contributed by atoms with Crippen molar-refractivity contribution in [2.45, 2.75) is 26.5 Å². The highest BCUT2D eigenvalue weighted by Crippen LogP contribution is 2.29. The highest BCUT2D eigenvalue weighted by molar-refractivity contribution is 7.09. The van der Waals surface area contributed by atoms with E-state index in [9.17, 15) is 4.79 Å². The molecule has 0 atom stereocenters. The molecule has 3 heterocycles. The maximum Gasteiger partial charge on any atom is 0.253 e. The second-order valence-electron chi connectivity index (χ2n) is 7.89. The number of hydrogen-bond acceptors (Lipinski definition) is 7. The van der Waals surface area contributed by atoms with Gasteiger partial charge in [-0.15, -0.1) is 11.3 Å². The molecule has 9 heteroatoms. The van der Waals surface area contributed by atoms with Gasteiger partial charge in [-0.3, -0.25) is 4.79 Å². The third-order valence-electron chi connectivity index (χ3n) is 5.55. The fraction of sp³-hybridized carbons (Fsp3) is 0.308. The van der Waals surface area contributed by atoms with Gasteiger partial charge in [-0.2, -0.15) is 0 Å². The van der Waals surface area contributed by atoms with Crippen molar-refractivity contribution in [3.8, 4) is 22.9 Å². The summed E-state index contributed by atoms with van der Waals surface area (Å²) in [4.78, 5) is 17.7. The summed E-state index contributed by atoms with van der Waals surface area (Å²) < 4.78 is 23.8. The molecule has 0 aliphatic rings. The molecular formula is C26H29N3O5S. The van der Waals surface area contributed by atoms with Crippen LogP contribution >= 0.6 is 11.3 Å². The van der Waals surface area contributed by atoms with Gasteiger partial charge < -0.3 is 28.5 Å². The first-order valence-corrected chi connectivity index (χ1v) is 12.2. The summed E-state index contributed by atoms with van der Waals surface area (Å²) in [6.07, 6.45) is 2.40. The van der Waals surface area contributed by atoms with E-state index in [4.69, 9.17) is 23.6 Å². The Morgan fingerprint density at radius 3 is 2.69 bits per heavy atom. The van der Waals surface area contributed by atoms with Crippen LogP contribution in [0.15, 0.2) is 58.5 Å². The Morgan fingerprint density at radius 1 is 1.17 bits per heavy atom. The molecule has 0 saturated heterocycles. The van der Waals surface area contributed by atoms with E-state index < -0.39 is 0 Å². The van der Waals surface area contributed by atoms with Crippen LogP contribution in [-0.4, -0.2) is 42.8 Å². The highest BCUT2D eigenvalue weighted by atomic mass is 32.1. The summed E-state index contributed by atoms with van der Waals surface area (Å²) in [6, 6.07) is 13.1. The molecular weight excluding hydrogens is 466 g/mol. The van der Waals surface area contributed by atoms with Gasteiger partial charge in [-0.1, -0.05) is 0 Å². The number of carbonyl (C=O) groups is 1. The number of rotatable bonds is 12. The molecule has 0 unspecified atom stereocenters.